The maximum Gasteiger partial charge on any atom is 0.216 e. The summed E-state index contributed by atoms with van der Waals surface area (Å²) < 4.78 is 9.30. The molecule has 0 amide bonds. The van der Waals surface area contributed by atoms with E-state index < -0.39 is 0 Å². The second-order valence-electron chi connectivity index (χ2n) is 16.5. The average Bonchev–Trinajstić information content (AvgIpc) is 3.69. The Bertz CT molecular complexity index is 3470. The fourth-order valence-corrected chi connectivity index (χ4v) is 9.41. The van der Waals surface area contributed by atoms with Gasteiger partial charge in [-0.2, -0.15) is 0 Å². The van der Waals surface area contributed by atoms with Crippen LogP contribution in [0.25, 0.3) is 111 Å². The number of benzene rings is 8. The summed E-state index contributed by atoms with van der Waals surface area (Å²) in [6.07, 6.45) is 2.26. The van der Waals surface area contributed by atoms with E-state index in [9.17, 15) is 0 Å². The van der Waals surface area contributed by atoms with Crippen LogP contribution in [0.3, 0.4) is 0 Å². The largest absolute Gasteiger partial charge is 0.454 e. The molecule has 0 aliphatic carbocycles. The van der Waals surface area contributed by atoms with Gasteiger partial charge in [0.25, 0.3) is 0 Å². The first-order chi connectivity index (χ1) is 30.3. The lowest BCUT2D eigenvalue weighted by atomic mass is 9.88. The molecule has 5 nitrogen and oxygen atoms in total. The Hall–Kier alpha value is -7.76. The first kappa shape index (κ1) is 37.3. The van der Waals surface area contributed by atoms with Crippen LogP contribution in [0.2, 0.25) is 0 Å². The van der Waals surface area contributed by atoms with Gasteiger partial charge in [-0.15, -0.1) is 0 Å². The van der Waals surface area contributed by atoms with Crippen molar-refractivity contribution in [3.05, 3.63) is 192 Å². The normalized spacial score (nSPS) is 11.6. The third kappa shape index (κ3) is 6.24. The molecule has 0 aliphatic heterocycles. The molecule has 8 aromatic carbocycles. The number of aromatic nitrogens is 4. The summed E-state index contributed by atoms with van der Waals surface area (Å²) in [5.41, 5.74) is 16.6. The van der Waals surface area contributed by atoms with Crippen molar-refractivity contribution in [1.29, 1.82) is 0 Å². The van der Waals surface area contributed by atoms with Crippen molar-refractivity contribution in [3.8, 4) is 67.7 Å². The van der Waals surface area contributed by atoms with E-state index in [1.54, 1.807) is 0 Å². The summed E-state index contributed by atoms with van der Waals surface area (Å²) in [7, 11) is 2.14. The number of pyridine rings is 1. The molecule has 0 spiro atoms. The van der Waals surface area contributed by atoms with Crippen LogP contribution in [-0.2, 0) is 7.05 Å². The lowest BCUT2D eigenvalue weighted by Gasteiger charge is -2.16. The lowest BCUT2D eigenvalue weighted by molar-refractivity contribution is -0.660. The fourth-order valence-electron chi connectivity index (χ4n) is 9.41. The molecule has 0 N–H and O–H groups in total. The highest BCUT2D eigenvalue weighted by molar-refractivity contribution is 6.24. The molecule has 296 valence electrons. The maximum atomic E-state index is 7.05. The summed E-state index contributed by atoms with van der Waals surface area (Å²) in [4.78, 5) is 14.8. The molecule has 11 aromatic rings. The monoisotopic (exact) mass is 799 g/mol. The summed E-state index contributed by atoms with van der Waals surface area (Å²) in [5.74, 6) is 1.95. The molecule has 3 aromatic heterocycles. The van der Waals surface area contributed by atoms with Crippen LogP contribution in [0, 0.1) is 27.7 Å². The van der Waals surface area contributed by atoms with Gasteiger partial charge in [-0.3, -0.25) is 0 Å². The van der Waals surface area contributed by atoms with Crippen molar-refractivity contribution in [2.24, 2.45) is 7.05 Å². The third-order valence-electron chi connectivity index (χ3n) is 12.4. The van der Waals surface area contributed by atoms with E-state index in [1.807, 2.05) is 60.7 Å². The van der Waals surface area contributed by atoms with Gasteiger partial charge in [-0.1, -0.05) is 152 Å². The van der Waals surface area contributed by atoms with Crippen molar-refractivity contribution in [2.45, 2.75) is 27.7 Å². The van der Waals surface area contributed by atoms with Gasteiger partial charge in [0.1, 0.15) is 18.2 Å². The molecule has 0 saturated heterocycles. The zero-order chi connectivity index (χ0) is 42.1. The van der Waals surface area contributed by atoms with Gasteiger partial charge in [-0.05, 0) is 88.9 Å². The van der Waals surface area contributed by atoms with Gasteiger partial charge in [0.15, 0.2) is 23.7 Å². The lowest BCUT2D eigenvalue weighted by Crippen LogP contribution is -2.31. The van der Waals surface area contributed by atoms with Gasteiger partial charge < -0.3 is 4.42 Å². The number of hydrogen-bond acceptors (Lipinski definition) is 4. The Balaban J connectivity index is 0.980. The summed E-state index contributed by atoms with van der Waals surface area (Å²) in [5, 5.41) is 7.03. The Kier molecular flexibility index (Phi) is 8.86. The van der Waals surface area contributed by atoms with Crippen LogP contribution < -0.4 is 4.57 Å². The van der Waals surface area contributed by atoms with Crippen molar-refractivity contribution in [3.63, 3.8) is 0 Å². The topological polar surface area (TPSA) is 55.7 Å². The van der Waals surface area contributed by atoms with Gasteiger partial charge in [-0.25, -0.2) is 19.5 Å². The minimum Gasteiger partial charge on any atom is -0.454 e. The number of rotatable bonds is 6. The van der Waals surface area contributed by atoms with Crippen molar-refractivity contribution >= 4 is 43.5 Å². The Morgan fingerprint density at radius 3 is 1.60 bits per heavy atom. The molecule has 0 atom stereocenters. The molecule has 0 unspecified atom stereocenters. The molecule has 3 heterocycles. The van der Waals surface area contributed by atoms with E-state index >= 15 is 0 Å². The molecule has 62 heavy (non-hydrogen) atoms. The zero-order valence-corrected chi connectivity index (χ0v) is 35.4. The Labute approximate surface area is 360 Å². The summed E-state index contributed by atoms with van der Waals surface area (Å²) in [6, 6.07) is 57.7. The van der Waals surface area contributed by atoms with Gasteiger partial charge >= 0.3 is 0 Å². The SMILES string of the molecule is Cc1c[n+](C)c(-c2c(C)ccc3c2oc2c3ccc3ccc4ccccc4c32)cc1-c1c(C)cc(-c2ccc(-c3nc(-c4ccccc4)nc(-c4ccccc4)n3)cc2)cc1C. The van der Waals surface area contributed by atoms with Crippen LogP contribution in [0.5, 0.6) is 0 Å². The first-order valence-corrected chi connectivity index (χ1v) is 21.2. The van der Waals surface area contributed by atoms with Crippen LogP contribution in [-0.4, -0.2) is 15.0 Å². The molecular weight excluding hydrogens is 757 g/mol. The Morgan fingerprint density at radius 1 is 0.403 bits per heavy atom. The minimum absolute atomic E-state index is 0.644. The zero-order valence-electron chi connectivity index (χ0n) is 35.4. The van der Waals surface area contributed by atoms with Crippen LogP contribution >= 0.6 is 0 Å². The van der Waals surface area contributed by atoms with Gasteiger partial charge in [0.05, 0.1) is 5.56 Å². The highest BCUT2D eigenvalue weighted by Gasteiger charge is 2.25. The summed E-state index contributed by atoms with van der Waals surface area (Å²) in [6.45, 7) is 8.86. The second kappa shape index (κ2) is 14.8. The average molecular weight is 800 g/mol. The highest BCUT2D eigenvalue weighted by atomic mass is 16.3. The van der Waals surface area contributed by atoms with Crippen LogP contribution in [0.1, 0.15) is 22.3 Å². The number of fused-ring (bicyclic) bond motifs is 7. The molecule has 5 heteroatoms. The first-order valence-electron chi connectivity index (χ1n) is 21.2. The van der Waals surface area contributed by atoms with Gasteiger partial charge in [0, 0.05) is 44.5 Å². The number of furan rings is 1. The van der Waals surface area contributed by atoms with E-state index in [1.165, 1.54) is 55.1 Å². The number of aryl methyl sites for hydroxylation is 5. The van der Waals surface area contributed by atoms with Crippen molar-refractivity contribution < 1.29 is 8.98 Å². The third-order valence-corrected chi connectivity index (χ3v) is 12.4. The molecule has 0 radical (unpaired) electrons. The van der Waals surface area contributed by atoms with E-state index in [0.717, 1.165) is 60.8 Å². The highest BCUT2D eigenvalue weighted by Crippen LogP contribution is 2.43. The van der Waals surface area contributed by atoms with Crippen molar-refractivity contribution in [1.82, 2.24) is 15.0 Å². The summed E-state index contributed by atoms with van der Waals surface area (Å²) >= 11 is 0. The van der Waals surface area contributed by atoms with E-state index in [0.29, 0.717) is 17.5 Å². The minimum atomic E-state index is 0.644. The molecule has 0 aliphatic rings. The quantitative estimate of drug-likeness (QED) is 0.124. The molecular formula is C57H43N4O+. The van der Waals surface area contributed by atoms with E-state index in [4.69, 9.17) is 19.4 Å². The standard InChI is InChI=1S/C57H43N4O/c1-34-20-28-46-47-29-27-40-24-23-39-14-12-13-19-45(39)52(40)54(47)62-53(46)51(34)49-32-48(37(4)33-61(49)5)50-35(2)30-44(31-36(50)3)38-21-25-43(26-22-38)57-59-55(41-15-8-6-9-16-41)58-56(60-57)42-17-10-7-11-18-42/h6-33H,1-5H3/q+1. The van der Waals surface area contributed by atoms with E-state index in [-0.39, 0.29) is 0 Å². The van der Waals surface area contributed by atoms with E-state index in [2.05, 4.69) is 149 Å². The Morgan fingerprint density at radius 2 is 0.935 bits per heavy atom. The molecule has 0 fully saturated rings. The predicted molar refractivity (Wildman–Crippen MR) is 255 cm³/mol. The molecule has 0 bridgehead atoms. The maximum absolute atomic E-state index is 7.05. The van der Waals surface area contributed by atoms with Crippen molar-refractivity contribution in [2.75, 3.05) is 0 Å². The van der Waals surface area contributed by atoms with Crippen LogP contribution in [0.4, 0.5) is 0 Å². The van der Waals surface area contributed by atoms with Crippen LogP contribution in [0.15, 0.2) is 174 Å². The van der Waals surface area contributed by atoms with Gasteiger partial charge in [0.2, 0.25) is 5.69 Å². The number of hydrogen-bond donors (Lipinski definition) is 0. The molecule has 11 rings (SSSR count). The number of nitrogens with zero attached hydrogens (tertiary/aromatic N) is 4. The smallest absolute Gasteiger partial charge is 0.216 e. The fraction of sp³-hybridized carbons (Fsp3) is 0.0877. The predicted octanol–water partition coefficient (Wildman–Crippen LogP) is 14.1. The second-order valence-corrected chi connectivity index (χ2v) is 16.5. The molecule has 0 saturated carbocycles.